The quantitative estimate of drug-likeness (QED) is 0.514. The molecule has 1 saturated heterocycles. The maximum absolute atomic E-state index is 14.1. The standard InChI is InChI=1S/C29H30N2O4/c1-34-22-14-10-20(11-15-22)27-26(29(33)30-18-6-3-7-19-30)24-8-4-5-9-25(24)28(32)31(27)21-12-16-23(35-2)17-13-21/h4-5,8-17,26-27H,3,6-7,18-19H2,1-2H3/t26-,27-/m0/s1. The molecule has 2 aliphatic rings. The number of methoxy groups -OCH3 is 2. The molecule has 3 aromatic rings. The molecule has 0 radical (unpaired) electrons. The third kappa shape index (κ3) is 4.25. The lowest BCUT2D eigenvalue weighted by atomic mass is 9.78. The van der Waals surface area contributed by atoms with Crippen LogP contribution in [0.4, 0.5) is 5.69 Å². The highest BCUT2D eigenvalue weighted by atomic mass is 16.5. The van der Waals surface area contributed by atoms with Gasteiger partial charge in [0.2, 0.25) is 5.91 Å². The van der Waals surface area contributed by atoms with Gasteiger partial charge in [0.25, 0.3) is 5.91 Å². The van der Waals surface area contributed by atoms with Crippen LogP contribution in [0.1, 0.15) is 52.7 Å². The maximum Gasteiger partial charge on any atom is 0.259 e. The van der Waals surface area contributed by atoms with Crippen LogP contribution in [-0.2, 0) is 4.79 Å². The number of nitrogens with zero attached hydrogens (tertiary/aromatic N) is 2. The number of carbonyl (C=O) groups is 2. The van der Waals surface area contributed by atoms with Crippen molar-refractivity contribution in [2.75, 3.05) is 32.2 Å². The van der Waals surface area contributed by atoms with Gasteiger partial charge in [-0.3, -0.25) is 14.5 Å². The number of amides is 2. The lowest BCUT2D eigenvalue weighted by Gasteiger charge is -2.43. The summed E-state index contributed by atoms with van der Waals surface area (Å²) in [4.78, 5) is 31.9. The summed E-state index contributed by atoms with van der Waals surface area (Å²) in [6.07, 6.45) is 3.16. The first-order valence-corrected chi connectivity index (χ1v) is 12.1. The highest BCUT2D eigenvalue weighted by molar-refractivity contribution is 6.11. The Morgan fingerprint density at radius 1 is 0.800 bits per heavy atom. The van der Waals surface area contributed by atoms with E-state index in [9.17, 15) is 9.59 Å². The summed E-state index contributed by atoms with van der Waals surface area (Å²) in [5.41, 5.74) is 2.98. The smallest absolute Gasteiger partial charge is 0.259 e. The molecule has 35 heavy (non-hydrogen) atoms. The lowest BCUT2D eigenvalue weighted by Crippen LogP contribution is -2.49. The molecule has 0 bridgehead atoms. The fraction of sp³-hybridized carbons (Fsp3) is 0.310. The minimum Gasteiger partial charge on any atom is -0.497 e. The molecule has 5 rings (SSSR count). The molecule has 0 aliphatic carbocycles. The van der Waals surface area contributed by atoms with E-state index >= 15 is 0 Å². The molecule has 0 spiro atoms. The van der Waals surface area contributed by atoms with Gasteiger partial charge < -0.3 is 14.4 Å². The summed E-state index contributed by atoms with van der Waals surface area (Å²) in [6.45, 7) is 1.51. The second-order valence-corrected chi connectivity index (χ2v) is 9.04. The monoisotopic (exact) mass is 470 g/mol. The van der Waals surface area contributed by atoms with Crippen LogP contribution in [0.15, 0.2) is 72.8 Å². The average molecular weight is 471 g/mol. The summed E-state index contributed by atoms with van der Waals surface area (Å²) < 4.78 is 10.7. The van der Waals surface area contributed by atoms with E-state index in [0.29, 0.717) is 11.3 Å². The first-order valence-electron chi connectivity index (χ1n) is 12.1. The highest BCUT2D eigenvalue weighted by Crippen LogP contribution is 2.46. The Morgan fingerprint density at radius 3 is 2.03 bits per heavy atom. The average Bonchev–Trinajstić information content (AvgIpc) is 2.93. The van der Waals surface area contributed by atoms with Gasteiger partial charge in [0.05, 0.1) is 26.2 Å². The summed E-state index contributed by atoms with van der Waals surface area (Å²) in [5.74, 6) is 0.877. The molecule has 0 saturated carbocycles. The van der Waals surface area contributed by atoms with Gasteiger partial charge >= 0.3 is 0 Å². The highest BCUT2D eigenvalue weighted by Gasteiger charge is 2.46. The van der Waals surface area contributed by atoms with Crippen molar-refractivity contribution in [2.24, 2.45) is 0 Å². The van der Waals surface area contributed by atoms with Crippen molar-refractivity contribution in [1.82, 2.24) is 4.90 Å². The third-order valence-corrected chi connectivity index (χ3v) is 7.08. The molecular formula is C29H30N2O4. The van der Waals surface area contributed by atoms with Crippen molar-refractivity contribution in [3.8, 4) is 11.5 Å². The number of carbonyl (C=O) groups excluding carboxylic acids is 2. The van der Waals surface area contributed by atoms with Crippen molar-refractivity contribution < 1.29 is 19.1 Å². The number of fused-ring (bicyclic) bond motifs is 1. The van der Waals surface area contributed by atoms with Crippen molar-refractivity contribution in [3.63, 3.8) is 0 Å². The van der Waals surface area contributed by atoms with Gasteiger partial charge in [-0.25, -0.2) is 0 Å². The fourth-order valence-electron chi connectivity index (χ4n) is 5.28. The van der Waals surface area contributed by atoms with Crippen LogP contribution in [0.25, 0.3) is 0 Å². The van der Waals surface area contributed by atoms with E-state index in [4.69, 9.17) is 9.47 Å². The number of benzene rings is 3. The Kier molecular flexibility index (Phi) is 6.45. The largest absolute Gasteiger partial charge is 0.497 e. The Bertz CT molecular complexity index is 1200. The molecule has 6 nitrogen and oxygen atoms in total. The molecule has 0 N–H and O–H groups in total. The van der Waals surface area contributed by atoms with E-state index in [-0.39, 0.29) is 11.8 Å². The summed E-state index contributed by atoms with van der Waals surface area (Å²) >= 11 is 0. The number of hydrogen-bond acceptors (Lipinski definition) is 4. The van der Waals surface area contributed by atoms with Crippen LogP contribution in [-0.4, -0.2) is 44.0 Å². The number of anilines is 1. The Labute approximate surface area is 206 Å². The SMILES string of the molecule is COc1ccc([C@H]2[C@@H](C(=O)N3CCCCC3)c3ccccc3C(=O)N2c2ccc(OC)cc2)cc1. The number of hydrogen-bond donors (Lipinski definition) is 0. The van der Waals surface area contributed by atoms with E-state index in [1.165, 1.54) is 0 Å². The van der Waals surface area contributed by atoms with Crippen LogP contribution < -0.4 is 14.4 Å². The Balaban J connectivity index is 1.69. The van der Waals surface area contributed by atoms with E-state index < -0.39 is 12.0 Å². The van der Waals surface area contributed by atoms with Crippen molar-refractivity contribution in [1.29, 1.82) is 0 Å². The maximum atomic E-state index is 14.1. The number of likely N-dealkylation sites (tertiary alicyclic amines) is 1. The van der Waals surface area contributed by atoms with Crippen LogP contribution in [0, 0.1) is 0 Å². The zero-order valence-electron chi connectivity index (χ0n) is 20.1. The third-order valence-electron chi connectivity index (χ3n) is 7.08. The van der Waals surface area contributed by atoms with E-state index in [2.05, 4.69) is 0 Å². The van der Waals surface area contributed by atoms with Crippen LogP contribution >= 0.6 is 0 Å². The van der Waals surface area contributed by atoms with Crippen molar-refractivity contribution >= 4 is 17.5 Å². The number of ether oxygens (including phenoxy) is 2. The summed E-state index contributed by atoms with van der Waals surface area (Å²) in [7, 11) is 3.24. The zero-order valence-corrected chi connectivity index (χ0v) is 20.1. The Morgan fingerprint density at radius 2 is 1.40 bits per heavy atom. The first kappa shape index (κ1) is 23.0. The molecule has 2 aliphatic heterocycles. The molecule has 2 amide bonds. The van der Waals surface area contributed by atoms with E-state index in [1.54, 1.807) is 19.1 Å². The summed E-state index contributed by atoms with van der Waals surface area (Å²) in [6, 6.07) is 22.2. The molecule has 0 aromatic heterocycles. The van der Waals surface area contributed by atoms with Gasteiger partial charge in [-0.1, -0.05) is 30.3 Å². The van der Waals surface area contributed by atoms with Gasteiger partial charge in [-0.05, 0) is 72.9 Å². The zero-order chi connectivity index (χ0) is 24.4. The van der Waals surface area contributed by atoms with Gasteiger partial charge in [-0.15, -0.1) is 0 Å². The second-order valence-electron chi connectivity index (χ2n) is 9.04. The van der Waals surface area contributed by atoms with Crippen LogP contribution in [0.3, 0.4) is 0 Å². The molecule has 2 atom stereocenters. The van der Waals surface area contributed by atoms with Crippen LogP contribution in [0.2, 0.25) is 0 Å². The molecular weight excluding hydrogens is 440 g/mol. The van der Waals surface area contributed by atoms with Gasteiger partial charge in [0.15, 0.2) is 0 Å². The van der Waals surface area contributed by atoms with Crippen molar-refractivity contribution in [2.45, 2.75) is 31.2 Å². The van der Waals surface area contributed by atoms with Gasteiger partial charge in [-0.2, -0.15) is 0 Å². The van der Waals surface area contributed by atoms with E-state index in [1.807, 2.05) is 77.7 Å². The minimum atomic E-state index is -0.516. The predicted molar refractivity (Wildman–Crippen MR) is 135 cm³/mol. The van der Waals surface area contributed by atoms with E-state index in [0.717, 1.165) is 54.9 Å². The number of piperidine rings is 1. The lowest BCUT2D eigenvalue weighted by molar-refractivity contribution is -0.134. The molecule has 0 unspecified atom stereocenters. The number of rotatable bonds is 5. The molecule has 3 aromatic carbocycles. The van der Waals surface area contributed by atoms with Crippen LogP contribution in [0.5, 0.6) is 11.5 Å². The first-order chi connectivity index (χ1) is 17.1. The van der Waals surface area contributed by atoms with Gasteiger partial charge in [0, 0.05) is 24.3 Å². The summed E-state index contributed by atoms with van der Waals surface area (Å²) in [5, 5.41) is 0. The molecule has 180 valence electrons. The second kappa shape index (κ2) is 9.82. The topological polar surface area (TPSA) is 59.1 Å². The van der Waals surface area contributed by atoms with Gasteiger partial charge in [0.1, 0.15) is 11.5 Å². The Hall–Kier alpha value is -3.80. The predicted octanol–water partition coefficient (Wildman–Crippen LogP) is 5.20. The molecule has 6 heteroatoms. The minimum absolute atomic E-state index is 0.0731. The molecule has 1 fully saturated rings. The normalized spacial score (nSPS) is 19.8. The van der Waals surface area contributed by atoms with Crippen molar-refractivity contribution in [3.05, 3.63) is 89.5 Å². The molecule has 2 heterocycles. The fourth-order valence-corrected chi connectivity index (χ4v) is 5.28.